The summed E-state index contributed by atoms with van der Waals surface area (Å²) in [6.45, 7) is 4.88. The Balaban J connectivity index is 2.42. The fraction of sp³-hybridized carbons (Fsp3) is 0.556. The summed E-state index contributed by atoms with van der Waals surface area (Å²) in [5, 5.41) is 4.17. The van der Waals surface area contributed by atoms with Gasteiger partial charge in [-0.3, -0.25) is 9.36 Å². The normalized spacial score (nSPS) is 12.9. The van der Waals surface area contributed by atoms with E-state index in [1.807, 2.05) is 38.4 Å². The van der Waals surface area contributed by atoms with Gasteiger partial charge in [-0.15, -0.1) is 0 Å². The van der Waals surface area contributed by atoms with Gasteiger partial charge in [-0.05, 0) is 32.6 Å². The first-order valence-corrected chi connectivity index (χ1v) is 8.45. The standard InChI is InChI=1S/C18H28N4O2/c1-5-15(19-10-11-21(2)3)17-20-16-9-7-6-8-14(16)18(23)22(17)12-13-24-4/h6-9,15,19H,5,10-13H2,1-4H3. The molecule has 132 valence electrons. The van der Waals surface area contributed by atoms with Crippen LogP contribution in [0.25, 0.3) is 10.9 Å². The van der Waals surface area contributed by atoms with Crippen LogP contribution in [-0.4, -0.2) is 55.4 Å². The first-order chi connectivity index (χ1) is 11.6. The number of likely N-dealkylation sites (N-methyl/N-ethyl adjacent to an activating group) is 1. The number of ether oxygens (including phenoxy) is 1. The molecule has 0 aliphatic carbocycles. The Bertz CT molecular complexity index is 712. The van der Waals surface area contributed by atoms with Crippen molar-refractivity contribution in [2.75, 3.05) is 40.9 Å². The maximum absolute atomic E-state index is 12.9. The number of para-hydroxylation sites is 1. The largest absolute Gasteiger partial charge is 0.383 e. The number of hydrogen-bond donors (Lipinski definition) is 1. The summed E-state index contributed by atoms with van der Waals surface area (Å²) in [5.74, 6) is 0.789. The summed E-state index contributed by atoms with van der Waals surface area (Å²) in [6.07, 6.45) is 0.866. The van der Waals surface area contributed by atoms with Crippen molar-refractivity contribution in [1.82, 2.24) is 19.8 Å². The molecule has 6 heteroatoms. The van der Waals surface area contributed by atoms with Crippen molar-refractivity contribution in [3.8, 4) is 0 Å². The van der Waals surface area contributed by atoms with Crippen LogP contribution in [0.15, 0.2) is 29.1 Å². The van der Waals surface area contributed by atoms with Crippen LogP contribution in [0.4, 0.5) is 0 Å². The van der Waals surface area contributed by atoms with Gasteiger partial charge in [0.1, 0.15) is 5.82 Å². The van der Waals surface area contributed by atoms with E-state index in [9.17, 15) is 4.79 Å². The number of rotatable bonds is 9. The summed E-state index contributed by atoms with van der Waals surface area (Å²) < 4.78 is 6.93. The number of nitrogens with zero attached hydrogens (tertiary/aromatic N) is 3. The van der Waals surface area contributed by atoms with Gasteiger partial charge < -0.3 is 15.0 Å². The molecule has 6 nitrogen and oxygen atoms in total. The smallest absolute Gasteiger partial charge is 0.261 e. The molecule has 0 aliphatic heterocycles. The summed E-state index contributed by atoms with van der Waals surface area (Å²) in [6, 6.07) is 7.56. The molecule has 2 aromatic rings. The van der Waals surface area contributed by atoms with Crippen molar-refractivity contribution < 1.29 is 4.74 Å². The highest BCUT2D eigenvalue weighted by Gasteiger charge is 2.18. The molecule has 0 fully saturated rings. The molecule has 1 atom stereocenters. The van der Waals surface area contributed by atoms with E-state index in [4.69, 9.17) is 9.72 Å². The molecule has 24 heavy (non-hydrogen) atoms. The van der Waals surface area contributed by atoms with E-state index in [1.165, 1.54) is 0 Å². The first-order valence-electron chi connectivity index (χ1n) is 8.45. The number of fused-ring (bicyclic) bond motifs is 1. The lowest BCUT2D eigenvalue weighted by Gasteiger charge is -2.22. The van der Waals surface area contributed by atoms with E-state index in [0.29, 0.717) is 18.5 Å². The molecule has 0 saturated heterocycles. The zero-order valence-corrected chi connectivity index (χ0v) is 15.1. The van der Waals surface area contributed by atoms with Crippen LogP contribution < -0.4 is 10.9 Å². The number of methoxy groups -OCH3 is 1. The zero-order valence-electron chi connectivity index (χ0n) is 15.1. The molecule has 2 rings (SSSR count). The van der Waals surface area contributed by atoms with Crippen LogP contribution >= 0.6 is 0 Å². The van der Waals surface area contributed by atoms with Crippen molar-refractivity contribution in [3.63, 3.8) is 0 Å². The topological polar surface area (TPSA) is 59.4 Å². The number of aromatic nitrogens is 2. The number of benzene rings is 1. The maximum atomic E-state index is 12.9. The van der Waals surface area contributed by atoms with Gasteiger partial charge in [-0.1, -0.05) is 19.1 Å². The van der Waals surface area contributed by atoms with Gasteiger partial charge in [-0.2, -0.15) is 0 Å². The molecule has 0 radical (unpaired) electrons. The van der Waals surface area contributed by atoms with E-state index < -0.39 is 0 Å². The summed E-state index contributed by atoms with van der Waals surface area (Å²) in [4.78, 5) is 19.8. The minimum absolute atomic E-state index is 0.000472. The third-order valence-corrected chi connectivity index (χ3v) is 4.08. The van der Waals surface area contributed by atoms with Crippen LogP contribution in [-0.2, 0) is 11.3 Å². The van der Waals surface area contributed by atoms with Crippen LogP contribution in [0, 0.1) is 0 Å². The molecular formula is C18H28N4O2. The highest BCUT2D eigenvalue weighted by Crippen LogP contribution is 2.16. The highest BCUT2D eigenvalue weighted by atomic mass is 16.5. The Morgan fingerprint density at radius 3 is 2.75 bits per heavy atom. The average molecular weight is 332 g/mol. The molecule has 1 aromatic carbocycles. The van der Waals surface area contributed by atoms with Crippen LogP contribution in [0.3, 0.4) is 0 Å². The minimum Gasteiger partial charge on any atom is -0.383 e. The average Bonchev–Trinajstić information content (AvgIpc) is 2.58. The minimum atomic E-state index is 0.000472. The van der Waals surface area contributed by atoms with Gasteiger partial charge in [0.2, 0.25) is 0 Å². The van der Waals surface area contributed by atoms with Crippen molar-refractivity contribution in [2.24, 2.45) is 0 Å². The molecule has 0 spiro atoms. The van der Waals surface area contributed by atoms with Gasteiger partial charge in [0.25, 0.3) is 5.56 Å². The second-order valence-electron chi connectivity index (χ2n) is 6.15. The van der Waals surface area contributed by atoms with Crippen LogP contribution in [0.5, 0.6) is 0 Å². The number of nitrogens with one attached hydrogen (secondary N) is 1. The fourth-order valence-electron chi connectivity index (χ4n) is 2.73. The van der Waals surface area contributed by atoms with Crippen LogP contribution in [0.1, 0.15) is 25.2 Å². The molecule has 1 unspecified atom stereocenters. The van der Waals surface area contributed by atoms with Crippen molar-refractivity contribution in [3.05, 3.63) is 40.4 Å². The Morgan fingerprint density at radius 1 is 1.33 bits per heavy atom. The van der Waals surface area contributed by atoms with Crippen LogP contribution in [0.2, 0.25) is 0 Å². The monoisotopic (exact) mass is 332 g/mol. The molecule has 0 bridgehead atoms. The van der Waals surface area contributed by atoms with E-state index in [1.54, 1.807) is 11.7 Å². The van der Waals surface area contributed by atoms with Gasteiger partial charge in [0.15, 0.2) is 0 Å². The summed E-state index contributed by atoms with van der Waals surface area (Å²) in [7, 11) is 5.74. The van der Waals surface area contributed by atoms with Gasteiger partial charge in [0, 0.05) is 20.2 Å². The lowest BCUT2D eigenvalue weighted by molar-refractivity contribution is 0.184. The molecule has 1 aromatic heterocycles. The third kappa shape index (κ3) is 4.41. The third-order valence-electron chi connectivity index (χ3n) is 4.08. The van der Waals surface area contributed by atoms with Gasteiger partial charge >= 0.3 is 0 Å². The maximum Gasteiger partial charge on any atom is 0.261 e. The second kappa shape index (κ2) is 8.92. The summed E-state index contributed by atoms with van der Waals surface area (Å²) >= 11 is 0. The second-order valence-corrected chi connectivity index (χ2v) is 6.15. The van der Waals surface area contributed by atoms with E-state index >= 15 is 0 Å². The van der Waals surface area contributed by atoms with Crippen molar-refractivity contribution in [2.45, 2.75) is 25.9 Å². The predicted octanol–water partition coefficient (Wildman–Crippen LogP) is 1.65. The SMILES string of the molecule is CCC(NCCN(C)C)c1nc2ccccc2c(=O)n1CCOC. The quantitative estimate of drug-likeness (QED) is 0.756. The molecule has 0 amide bonds. The lowest BCUT2D eigenvalue weighted by Crippen LogP contribution is -2.35. The van der Waals surface area contributed by atoms with Gasteiger partial charge in [0.05, 0.1) is 30.1 Å². The Kier molecular flexibility index (Phi) is 6.90. The van der Waals surface area contributed by atoms with Crippen molar-refractivity contribution in [1.29, 1.82) is 0 Å². The van der Waals surface area contributed by atoms with E-state index in [2.05, 4.69) is 17.1 Å². The highest BCUT2D eigenvalue weighted by molar-refractivity contribution is 5.77. The zero-order chi connectivity index (χ0) is 17.5. The Hall–Kier alpha value is -1.76. The predicted molar refractivity (Wildman–Crippen MR) is 97.5 cm³/mol. The summed E-state index contributed by atoms with van der Waals surface area (Å²) in [5.41, 5.74) is 0.750. The van der Waals surface area contributed by atoms with Crippen molar-refractivity contribution >= 4 is 10.9 Å². The van der Waals surface area contributed by atoms with Gasteiger partial charge in [-0.25, -0.2) is 4.98 Å². The lowest BCUT2D eigenvalue weighted by atomic mass is 10.1. The van der Waals surface area contributed by atoms with E-state index in [0.717, 1.165) is 30.9 Å². The molecular weight excluding hydrogens is 304 g/mol. The molecule has 0 aliphatic rings. The molecule has 1 N–H and O–H groups in total. The fourth-order valence-corrected chi connectivity index (χ4v) is 2.73. The Labute approximate surface area is 143 Å². The molecule has 0 saturated carbocycles. The Morgan fingerprint density at radius 2 is 2.08 bits per heavy atom. The first kappa shape index (κ1) is 18.6. The van der Waals surface area contributed by atoms with E-state index in [-0.39, 0.29) is 11.6 Å². The number of hydrogen-bond acceptors (Lipinski definition) is 5. The molecule has 1 heterocycles.